The van der Waals surface area contributed by atoms with Crippen molar-refractivity contribution >= 4 is 29.1 Å². The summed E-state index contributed by atoms with van der Waals surface area (Å²) in [5, 5.41) is 12.6. The number of imide groups is 1. The molecule has 174 valence electrons. The molecule has 2 fully saturated rings. The second-order valence-electron chi connectivity index (χ2n) is 8.14. The molecule has 2 aromatic rings. The number of carbonyl (C=O) groups is 3. The number of para-hydroxylation sites is 2. The number of likely N-dealkylation sites (tertiary alicyclic amines) is 1. The molecule has 0 spiro atoms. The van der Waals surface area contributed by atoms with Crippen LogP contribution < -0.4 is 19.7 Å². The number of benzene rings is 2. The zero-order chi connectivity index (χ0) is 23.5. The molecule has 3 amide bonds. The summed E-state index contributed by atoms with van der Waals surface area (Å²) in [4.78, 5) is 41.8. The van der Waals surface area contributed by atoms with Crippen LogP contribution in [-0.4, -0.2) is 61.1 Å². The van der Waals surface area contributed by atoms with Gasteiger partial charge in [0.15, 0.2) is 0 Å². The molecule has 9 nitrogen and oxygen atoms in total. The number of amides is 3. The number of phenols is 1. The normalized spacial score (nSPS) is 19.6. The Morgan fingerprint density at radius 1 is 1.06 bits per heavy atom. The van der Waals surface area contributed by atoms with E-state index in [1.807, 2.05) is 4.90 Å². The SMILES string of the molecule is COc1ccc(N2C(=O)C[C@H](N3CCC(C(=O)Nc4ccccc4O)CC3)C2=O)c(OC)c1. The Morgan fingerprint density at radius 2 is 1.79 bits per heavy atom. The molecular weight excluding hydrogens is 426 g/mol. The van der Waals surface area contributed by atoms with Gasteiger partial charge in [0.05, 0.1) is 38.1 Å². The Bertz CT molecular complexity index is 1060. The first-order chi connectivity index (χ1) is 15.9. The third kappa shape index (κ3) is 4.49. The highest BCUT2D eigenvalue weighted by Crippen LogP contribution is 2.36. The van der Waals surface area contributed by atoms with Crippen molar-refractivity contribution in [3.8, 4) is 17.2 Å². The molecule has 0 unspecified atom stereocenters. The van der Waals surface area contributed by atoms with Crippen LogP contribution in [-0.2, 0) is 14.4 Å². The van der Waals surface area contributed by atoms with Gasteiger partial charge in [0.25, 0.3) is 5.91 Å². The van der Waals surface area contributed by atoms with Crippen LogP contribution in [0.4, 0.5) is 11.4 Å². The lowest BCUT2D eigenvalue weighted by Crippen LogP contribution is -2.47. The molecule has 33 heavy (non-hydrogen) atoms. The summed E-state index contributed by atoms with van der Waals surface area (Å²) in [6.07, 6.45) is 1.20. The maximum atomic E-state index is 13.2. The highest BCUT2D eigenvalue weighted by Gasteiger charge is 2.44. The average molecular weight is 453 g/mol. The van der Waals surface area contributed by atoms with Crippen molar-refractivity contribution in [3.63, 3.8) is 0 Å². The fraction of sp³-hybridized carbons (Fsp3) is 0.375. The lowest BCUT2D eigenvalue weighted by atomic mass is 9.94. The summed E-state index contributed by atoms with van der Waals surface area (Å²) >= 11 is 0. The van der Waals surface area contributed by atoms with E-state index < -0.39 is 6.04 Å². The minimum absolute atomic E-state index is 0.0207. The van der Waals surface area contributed by atoms with Gasteiger partial charge in [0, 0.05) is 12.0 Å². The van der Waals surface area contributed by atoms with E-state index in [1.54, 1.807) is 36.4 Å². The Hall–Kier alpha value is -3.59. The number of piperidine rings is 1. The smallest absolute Gasteiger partial charge is 0.251 e. The fourth-order valence-electron chi connectivity index (χ4n) is 4.41. The number of carbonyl (C=O) groups excluding carboxylic acids is 3. The second-order valence-corrected chi connectivity index (χ2v) is 8.14. The molecule has 2 aromatic carbocycles. The second kappa shape index (κ2) is 9.50. The topological polar surface area (TPSA) is 108 Å². The summed E-state index contributed by atoms with van der Waals surface area (Å²) in [6.45, 7) is 1.05. The number of hydrogen-bond acceptors (Lipinski definition) is 7. The van der Waals surface area contributed by atoms with Gasteiger partial charge in [-0.3, -0.25) is 19.3 Å². The number of ether oxygens (including phenoxy) is 2. The Kier molecular flexibility index (Phi) is 6.50. The minimum atomic E-state index is -0.563. The number of methoxy groups -OCH3 is 2. The zero-order valence-corrected chi connectivity index (χ0v) is 18.6. The molecule has 9 heteroatoms. The van der Waals surface area contributed by atoms with Crippen LogP contribution in [0.1, 0.15) is 19.3 Å². The van der Waals surface area contributed by atoms with E-state index in [0.717, 1.165) is 0 Å². The van der Waals surface area contributed by atoms with Gasteiger partial charge in [-0.2, -0.15) is 0 Å². The van der Waals surface area contributed by atoms with E-state index in [2.05, 4.69) is 5.32 Å². The Labute approximate surface area is 191 Å². The largest absolute Gasteiger partial charge is 0.506 e. The van der Waals surface area contributed by atoms with Gasteiger partial charge >= 0.3 is 0 Å². The standard InChI is InChI=1S/C24H27N3O6/c1-32-16-7-8-18(21(13-16)33-2)27-22(29)14-19(24(27)31)26-11-9-15(10-12-26)23(30)25-17-5-3-4-6-20(17)28/h3-8,13,15,19,28H,9-12,14H2,1-2H3,(H,25,30)/t19-/m0/s1. The van der Waals surface area contributed by atoms with Crippen molar-refractivity contribution in [2.45, 2.75) is 25.3 Å². The van der Waals surface area contributed by atoms with E-state index in [-0.39, 0.29) is 35.8 Å². The number of anilines is 2. The molecule has 0 saturated carbocycles. The first kappa shape index (κ1) is 22.6. The lowest BCUT2D eigenvalue weighted by Gasteiger charge is -2.34. The quantitative estimate of drug-likeness (QED) is 0.511. The van der Waals surface area contributed by atoms with Gasteiger partial charge in [0.2, 0.25) is 11.8 Å². The van der Waals surface area contributed by atoms with Gasteiger partial charge in [-0.15, -0.1) is 0 Å². The van der Waals surface area contributed by atoms with E-state index in [9.17, 15) is 19.5 Å². The molecule has 4 rings (SSSR count). The number of hydrogen-bond donors (Lipinski definition) is 2. The number of phenolic OH excluding ortho intramolecular Hbond substituents is 1. The first-order valence-electron chi connectivity index (χ1n) is 10.8. The summed E-state index contributed by atoms with van der Waals surface area (Å²) in [5.74, 6) is 0.00735. The van der Waals surface area contributed by atoms with Crippen molar-refractivity contribution in [2.75, 3.05) is 37.5 Å². The number of nitrogens with one attached hydrogen (secondary N) is 1. The maximum Gasteiger partial charge on any atom is 0.251 e. The number of aromatic hydroxyl groups is 1. The van der Waals surface area contributed by atoms with Gasteiger partial charge in [0.1, 0.15) is 17.2 Å². The Morgan fingerprint density at radius 3 is 2.45 bits per heavy atom. The summed E-state index contributed by atoms with van der Waals surface area (Å²) in [6, 6.07) is 11.0. The van der Waals surface area contributed by atoms with Gasteiger partial charge in [-0.05, 0) is 50.2 Å². The summed E-state index contributed by atoms with van der Waals surface area (Å²) < 4.78 is 10.6. The van der Waals surface area contributed by atoms with Crippen LogP contribution >= 0.6 is 0 Å². The molecule has 2 N–H and O–H groups in total. The molecule has 2 aliphatic heterocycles. The average Bonchev–Trinajstić information content (AvgIpc) is 3.13. The van der Waals surface area contributed by atoms with Crippen LogP contribution in [0.25, 0.3) is 0 Å². The van der Waals surface area contributed by atoms with Gasteiger partial charge < -0.3 is 19.9 Å². The predicted molar refractivity (Wildman–Crippen MR) is 121 cm³/mol. The summed E-state index contributed by atoms with van der Waals surface area (Å²) in [5.41, 5.74) is 0.776. The van der Waals surface area contributed by atoms with Gasteiger partial charge in [-0.25, -0.2) is 4.90 Å². The van der Waals surface area contributed by atoms with E-state index in [0.29, 0.717) is 48.8 Å². The van der Waals surface area contributed by atoms with Crippen LogP contribution in [0.5, 0.6) is 17.2 Å². The minimum Gasteiger partial charge on any atom is -0.506 e. The molecular formula is C24H27N3O6. The molecule has 0 radical (unpaired) electrons. The molecule has 0 bridgehead atoms. The monoisotopic (exact) mass is 453 g/mol. The fourth-order valence-corrected chi connectivity index (χ4v) is 4.41. The van der Waals surface area contributed by atoms with Crippen LogP contribution in [0, 0.1) is 5.92 Å². The third-order valence-electron chi connectivity index (χ3n) is 6.25. The van der Waals surface area contributed by atoms with Crippen LogP contribution in [0.2, 0.25) is 0 Å². The van der Waals surface area contributed by atoms with Crippen molar-refractivity contribution in [3.05, 3.63) is 42.5 Å². The van der Waals surface area contributed by atoms with Gasteiger partial charge in [-0.1, -0.05) is 12.1 Å². The van der Waals surface area contributed by atoms with Crippen molar-refractivity contribution in [1.82, 2.24) is 4.90 Å². The Balaban J connectivity index is 1.40. The molecule has 0 aromatic heterocycles. The highest BCUT2D eigenvalue weighted by molar-refractivity contribution is 6.23. The van der Waals surface area contributed by atoms with Crippen LogP contribution in [0.3, 0.4) is 0 Å². The predicted octanol–water partition coefficient (Wildman–Crippen LogP) is 2.39. The molecule has 1 atom stereocenters. The lowest BCUT2D eigenvalue weighted by molar-refractivity contribution is -0.123. The third-order valence-corrected chi connectivity index (χ3v) is 6.25. The highest BCUT2D eigenvalue weighted by atomic mass is 16.5. The summed E-state index contributed by atoms with van der Waals surface area (Å²) in [7, 11) is 3.01. The van der Waals surface area contributed by atoms with E-state index in [4.69, 9.17) is 9.47 Å². The molecule has 0 aliphatic carbocycles. The van der Waals surface area contributed by atoms with Crippen molar-refractivity contribution in [1.29, 1.82) is 0 Å². The number of nitrogens with zero attached hydrogens (tertiary/aromatic N) is 2. The zero-order valence-electron chi connectivity index (χ0n) is 18.6. The maximum absolute atomic E-state index is 13.2. The van der Waals surface area contributed by atoms with Crippen molar-refractivity contribution in [2.24, 2.45) is 5.92 Å². The van der Waals surface area contributed by atoms with E-state index in [1.165, 1.54) is 25.2 Å². The first-order valence-corrected chi connectivity index (χ1v) is 10.8. The molecule has 2 aliphatic rings. The van der Waals surface area contributed by atoms with E-state index >= 15 is 0 Å². The van der Waals surface area contributed by atoms with Crippen molar-refractivity contribution < 1.29 is 29.0 Å². The molecule has 2 saturated heterocycles. The van der Waals surface area contributed by atoms with Crippen LogP contribution in [0.15, 0.2) is 42.5 Å². The molecule has 2 heterocycles. The number of rotatable bonds is 6.